The fourth-order valence-corrected chi connectivity index (χ4v) is 1.71. The van der Waals surface area contributed by atoms with Crippen LogP contribution in [0.15, 0.2) is 17.3 Å². The fraction of sp³-hybridized carbons (Fsp3) is 0.385. The molecule has 0 aliphatic rings. The Morgan fingerprint density at radius 1 is 1.50 bits per heavy atom. The third-order valence-electron chi connectivity index (χ3n) is 3.11. The Balaban J connectivity index is 3.04. The van der Waals surface area contributed by atoms with Crippen LogP contribution in [0, 0.1) is 18.6 Å². The van der Waals surface area contributed by atoms with Gasteiger partial charge >= 0.3 is 0 Å². The van der Waals surface area contributed by atoms with Crippen LogP contribution in [0.25, 0.3) is 0 Å². The van der Waals surface area contributed by atoms with E-state index in [4.69, 9.17) is 10.9 Å². The van der Waals surface area contributed by atoms with Crippen molar-refractivity contribution < 1.29 is 18.8 Å². The number of hydrogen-bond donors (Lipinski definition) is 2. The van der Waals surface area contributed by atoms with Crippen LogP contribution in [-0.2, 0) is 0 Å². The number of carbonyl (C=O) groups excluding carboxylic acids is 1. The van der Waals surface area contributed by atoms with Crippen molar-refractivity contribution in [3.05, 3.63) is 34.9 Å². The maximum absolute atomic E-state index is 13.9. The average Bonchev–Trinajstić information content (AvgIpc) is 2.42. The molecule has 0 radical (unpaired) electrons. The van der Waals surface area contributed by atoms with E-state index in [1.807, 2.05) is 0 Å². The maximum Gasteiger partial charge on any atom is 0.259 e. The van der Waals surface area contributed by atoms with Crippen molar-refractivity contribution in [3.8, 4) is 0 Å². The fourth-order valence-electron chi connectivity index (χ4n) is 1.71. The van der Waals surface area contributed by atoms with Gasteiger partial charge in [-0.3, -0.25) is 4.79 Å². The zero-order valence-electron chi connectivity index (χ0n) is 11.5. The van der Waals surface area contributed by atoms with Gasteiger partial charge in [-0.05, 0) is 25.5 Å². The Kier molecular flexibility index (Phi) is 5.01. The predicted octanol–water partition coefficient (Wildman–Crippen LogP) is 1.87. The zero-order chi connectivity index (χ0) is 15.4. The molecule has 20 heavy (non-hydrogen) atoms. The molecule has 1 rings (SSSR count). The topological polar surface area (TPSA) is 78.9 Å². The molecule has 1 unspecified atom stereocenters. The van der Waals surface area contributed by atoms with E-state index in [1.165, 1.54) is 20.0 Å². The Hall–Kier alpha value is -2.18. The molecule has 1 atom stereocenters. The van der Waals surface area contributed by atoms with E-state index in [0.717, 1.165) is 11.0 Å². The minimum absolute atomic E-state index is 0.0673. The van der Waals surface area contributed by atoms with Gasteiger partial charge in [-0.1, -0.05) is 11.2 Å². The van der Waals surface area contributed by atoms with Crippen molar-refractivity contribution in [2.45, 2.75) is 26.3 Å². The lowest BCUT2D eigenvalue weighted by Gasteiger charge is -2.25. The Labute approximate surface area is 115 Å². The molecule has 7 heteroatoms. The van der Waals surface area contributed by atoms with Crippen molar-refractivity contribution in [2.24, 2.45) is 10.9 Å². The number of nitrogens with zero attached hydrogens (tertiary/aromatic N) is 2. The molecule has 3 N–H and O–H groups in total. The van der Waals surface area contributed by atoms with Gasteiger partial charge in [0, 0.05) is 19.5 Å². The lowest BCUT2D eigenvalue weighted by Crippen LogP contribution is -2.38. The van der Waals surface area contributed by atoms with E-state index >= 15 is 0 Å². The number of oxime groups is 1. The molecule has 1 aromatic carbocycles. The summed E-state index contributed by atoms with van der Waals surface area (Å²) in [5.74, 6) is -2.65. The van der Waals surface area contributed by atoms with Crippen LogP contribution in [0.4, 0.5) is 8.78 Å². The highest BCUT2D eigenvalue weighted by Crippen LogP contribution is 2.19. The zero-order valence-corrected chi connectivity index (χ0v) is 11.5. The third-order valence-corrected chi connectivity index (χ3v) is 3.11. The summed E-state index contributed by atoms with van der Waals surface area (Å²) in [5.41, 5.74) is 4.94. The van der Waals surface area contributed by atoms with Crippen LogP contribution in [0.2, 0.25) is 0 Å². The van der Waals surface area contributed by atoms with E-state index < -0.39 is 29.1 Å². The molecule has 0 spiro atoms. The SMILES string of the molecule is Cc1ccc(F)c(C(=O)N(C)C(C)C/C(N)=N/O)c1F. The Bertz CT molecular complexity index is 547. The molecule has 1 amide bonds. The van der Waals surface area contributed by atoms with Gasteiger partial charge in [-0.25, -0.2) is 8.78 Å². The number of amidine groups is 1. The number of benzene rings is 1. The highest BCUT2D eigenvalue weighted by Gasteiger charge is 2.25. The molecule has 0 aliphatic heterocycles. The summed E-state index contributed by atoms with van der Waals surface area (Å²) in [4.78, 5) is 13.3. The Morgan fingerprint density at radius 3 is 2.65 bits per heavy atom. The molecular formula is C13H17F2N3O2. The lowest BCUT2D eigenvalue weighted by molar-refractivity contribution is 0.0737. The van der Waals surface area contributed by atoms with Crippen LogP contribution in [-0.4, -0.2) is 34.9 Å². The summed E-state index contributed by atoms with van der Waals surface area (Å²) in [6.45, 7) is 3.08. The first-order valence-corrected chi connectivity index (χ1v) is 5.97. The van der Waals surface area contributed by atoms with Crippen LogP contribution in [0.3, 0.4) is 0 Å². The van der Waals surface area contributed by atoms with Crippen molar-refractivity contribution >= 4 is 11.7 Å². The molecule has 0 heterocycles. The van der Waals surface area contributed by atoms with E-state index in [9.17, 15) is 13.6 Å². The van der Waals surface area contributed by atoms with Crippen molar-refractivity contribution in [1.29, 1.82) is 0 Å². The summed E-state index contributed by atoms with van der Waals surface area (Å²) in [6, 6.07) is 1.84. The lowest BCUT2D eigenvalue weighted by atomic mass is 10.1. The van der Waals surface area contributed by atoms with Crippen molar-refractivity contribution in [2.75, 3.05) is 7.05 Å². The number of carbonyl (C=O) groups is 1. The van der Waals surface area contributed by atoms with Crippen LogP contribution >= 0.6 is 0 Å². The quantitative estimate of drug-likeness (QED) is 0.383. The molecule has 0 saturated heterocycles. The highest BCUT2D eigenvalue weighted by molar-refractivity contribution is 5.95. The van der Waals surface area contributed by atoms with Crippen LogP contribution in [0.1, 0.15) is 29.3 Å². The summed E-state index contributed by atoms with van der Waals surface area (Å²) in [6.07, 6.45) is 0.0911. The summed E-state index contributed by atoms with van der Waals surface area (Å²) in [7, 11) is 1.40. The number of hydrogen-bond acceptors (Lipinski definition) is 3. The van der Waals surface area contributed by atoms with E-state index in [0.29, 0.717) is 0 Å². The summed E-state index contributed by atoms with van der Waals surface area (Å²) in [5, 5.41) is 11.3. The molecule has 0 aliphatic carbocycles. The van der Waals surface area contributed by atoms with Gasteiger partial charge < -0.3 is 15.8 Å². The second-order valence-electron chi connectivity index (χ2n) is 4.61. The smallest absolute Gasteiger partial charge is 0.259 e. The molecule has 5 nitrogen and oxygen atoms in total. The summed E-state index contributed by atoms with van der Waals surface area (Å²) < 4.78 is 27.5. The maximum atomic E-state index is 13.9. The van der Waals surface area contributed by atoms with E-state index in [2.05, 4.69) is 5.16 Å². The molecular weight excluding hydrogens is 268 g/mol. The van der Waals surface area contributed by atoms with Gasteiger partial charge in [0.25, 0.3) is 5.91 Å². The molecule has 0 bridgehead atoms. The van der Waals surface area contributed by atoms with E-state index in [-0.39, 0.29) is 17.8 Å². The van der Waals surface area contributed by atoms with Crippen molar-refractivity contribution in [1.82, 2.24) is 4.90 Å². The van der Waals surface area contributed by atoms with Crippen LogP contribution < -0.4 is 5.73 Å². The molecule has 0 aromatic heterocycles. The third kappa shape index (κ3) is 3.23. The standard InChI is InChI=1S/C13H17F2N3O2/c1-7-4-5-9(14)11(12(7)15)13(19)18(3)8(2)6-10(16)17-20/h4-5,8,20H,6H2,1-3H3,(H2,16,17). The second kappa shape index (κ2) is 6.31. The average molecular weight is 285 g/mol. The van der Waals surface area contributed by atoms with Gasteiger partial charge in [0.05, 0.1) is 0 Å². The summed E-state index contributed by atoms with van der Waals surface area (Å²) >= 11 is 0. The largest absolute Gasteiger partial charge is 0.409 e. The molecule has 110 valence electrons. The molecule has 0 saturated carbocycles. The highest BCUT2D eigenvalue weighted by atomic mass is 19.1. The van der Waals surface area contributed by atoms with Gasteiger partial charge in [0.2, 0.25) is 0 Å². The monoisotopic (exact) mass is 285 g/mol. The molecule has 1 aromatic rings. The number of halogens is 2. The van der Waals surface area contributed by atoms with E-state index in [1.54, 1.807) is 6.92 Å². The second-order valence-corrected chi connectivity index (χ2v) is 4.61. The number of rotatable bonds is 4. The minimum atomic E-state index is -0.916. The van der Waals surface area contributed by atoms with Gasteiger partial charge in [0.15, 0.2) is 0 Å². The van der Waals surface area contributed by atoms with Gasteiger partial charge in [-0.15, -0.1) is 0 Å². The first kappa shape index (κ1) is 15.9. The van der Waals surface area contributed by atoms with Gasteiger partial charge in [-0.2, -0.15) is 0 Å². The van der Waals surface area contributed by atoms with Gasteiger partial charge in [0.1, 0.15) is 23.0 Å². The predicted molar refractivity (Wildman–Crippen MR) is 70.7 cm³/mol. The van der Waals surface area contributed by atoms with Crippen molar-refractivity contribution in [3.63, 3.8) is 0 Å². The normalized spacial score (nSPS) is 13.2. The first-order valence-electron chi connectivity index (χ1n) is 5.97. The molecule has 0 fully saturated rings. The minimum Gasteiger partial charge on any atom is -0.409 e. The number of aryl methyl sites for hydroxylation is 1. The van der Waals surface area contributed by atoms with Crippen LogP contribution in [0.5, 0.6) is 0 Å². The Morgan fingerprint density at radius 2 is 2.10 bits per heavy atom. The number of nitrogens with two attached hydrogens (primary N) is 1. The number of amides is 1. The first-order chi connectivity index (χ1) is 9.29.